The minimum atomic E-state index is -3.49. The van der Waals surface area contributed by atoms with E-state index in [4.69, 9.17) is 4.52 Å². The Morgan fingerprint density at radius 3 is 2.90 bits per heavy atom. The third kappa shape index (κ3) is 2.83. The molecule has 0 bridgehead atoms. The second kappa shape index (κ2) is 5.49. The van der Waals surface area contributed by atoms with Gasteiger partial charge in [0.05, 0.1) is 6.20 Å². The predicted molar refractivity (Wildman–Crippen MR) is 78.2 cm³/mol. The van der Waals surface area contributed by atoms with Crippen LogP contribution in [0.1, 0.15) is 4.88 Å². The van der Waals surface area contributed by atoms with Gasteiger partial charge in [0.1, 0.15) is 4.21 Å². The van der Waals surface area contributed by atoms with E-state index in [2.05, 4.69) is 9.88 Å². The fourth-order valence-corrected chi connectivity index (χ4v) is 4.56. The Kier molecular flexibility index (Phi) is 3.70. The number of rotatable bonds is 5. The van der Waals surface area contributed by atoms with Crippen molar-refractivity contribution in [1.29, 1.82) is 0 Å². The predicted octanol–water partition coefficient (Wildman–Crippen LogP) is 2.94. The molecule has 104 valence electrons. The molecule has 0 amide bonds. The second-order valence-corrected chi connectivity index (χ2v) is 7.87. The Balaban J connectivity index is 1.78. The van der Waals surface area contributed by atoms with Gasteiger partial charge in [0, 0.05) is 28.4 Å². The Labute approximate surface area is 123 Å². The van der Waals surface area contributed by atoms with Crippen LogP contribution in [0.15, 0.2) is 50.0 Å². The summed E-state index contributed by atoms with van der Waals surface area (Å²) in [6.07, 6.45) is 1.52. The van der Waals surface area contributed by atoms with E-state index in [9.17, 15) is 8.42 Å². The fourth-order valence-electron chi connectivity index (χ4n) is 1.60. The number of hydrogen-bond donors (Lipinski definition) is 1. The molecule has 20 heavy (non-hydrogen) atoms. The summed E-state index contributed by atoms with van der Waals surface area (Å²) in [7, 11) is -3.49. The topological polar surface area (TPSA) is 72.2 Å². The smallest absolute Gasteiger partial charge is 0.250 e. The number of hydrogen-bond acceptors (Lipinski definition) is 6. The third-order valence-electron chi connectivity index (χ3n) is 2.58. The van der Waals surface area contributed by atoms with Crippen molar-refractivity contribution in [3.8, 4) is 11.3 Å². The van der Waals surface area contributed by atoms with Gasteiger partial charge in [0.25, 0.3) is 0 Å². The largest absolute Gasteiger partial charge is 0.356 e. The van der Waals surface area contributed by atoms with Crippen LogP contribution >= 0.6 is 22.7 Å². The number of aromatic nitrogens is 1. The van der Waals surface area contributed by atoms with Gasteiger partial charge in [-0.1, -0.05) is 11.2 Å². The van der Waals surface area contributed by atoms with Crippen molar-refractivity contribution < 1.29 is 12.9 Å². The molecule has 0 aromatic carbocycles. The highest BCUT2D eigenvalue weighted by atomic mass is 32.2. The molecule has 0 radical (unpaired) electrons. The van der Waals surface area contributed by atoms with Crippen molar-refractivity contribution in [2.45, 2.75) is 10.8 Å². The van der Waals surface area contributed by atoms with Gasteiger partial charge in [0.15, 0.2) is 5.76 Å². The lowest BCUT2D eigenvalue weighted by molar-refractivity contribution is 0.432. The average Bonchev–Trinajstić information content (AvgIpc) is 3.16. The van der Waals surface area contributed by atoms with Crippen molar-refractivity contribution in [1.82, 2.24) is 9.88 Å². The maximum absolute atomic E-state index is 12.2. The molecule has 0 spiro atoms. The number of nitrogens with zero attached hydrogens (tertiary/aromatic N) is 1. The summed E-state index contributed by atoms with van der Waals surface area (Å²) in [5.74, 6) is 0.556. The van der Waals surface area contributed by atoms with E-state index < -0.39 is 10.0 Å². The van der Waals surface area contributed by atoms with Gasteiger partial charge >= 0.3 is 0 Å². The molecule has 0 unspecified atom stereocenters. The first-order valence-electron chi connectivity index (χ1n) is 5.67. The zero-order valence-electron chi connectivity index (χ0n) is 10.1. The van der Waals surface area contributed by atoms with Gasteiger partial charge in [0.2, 0.25) is 10.0 Å². The van der Waals surface area contributed by atoms with Crippen LogP contribution in [0.25, 0.3) is 11.3 Å². The summed E-state index contributed by atoms with van der Waals surface area (Å²) in [4.78, 5) is 0.973. The molecule has 0 atom stereocenters. The average molecular weight is 326 g/mol. The van der Waals surface area contributed by atoms with Crippen LogP contribution in [0.2, 0.25) is 0 Å². The Morgan fingerprint density at radius 1 is 1.30 bits per heavy atom. The van der Waals surface area contributed by atoms with Crippen LogP contribution in [0.3, 0.4) is 0 Å². The second-order valence-electron chi connectivity index (χ2n) is 3.94. The monoisotopic (exact) mass is 326 g/mol. The van der Waals surface area contributed by atoms with Gasteiger partial charge in [-0.3, -0.25) is 0 Å². The van der Waals surface area contributed by atoms with Gasteiger partial charge in [-0.05, 0) is 17.5 Å². The lowest BCUT2D eigenvalue weighted by atomic mass is 10.3. The summed E-state index contributed by atoms with van der Waals surface area (Å²) in [5.41, 5.74) is 0.712. The molecule has 3 heterocycles. The van der Waals surface area contributed by atoms with Gasteiger partial charge < -0.3 is 4.52 Å². The minimum absolute atomic E-state index is 0.264. The maximum atomic E-state index is 12.2. The normalized spacial score (nSPS) is 11.8. The molecular formula is C12H10N2O3S3. The van der Waals surface area contributed by atoms with Crippen molar-refractivity contribution in [3.63, 3.8) is 0 Å². The molecule has 3 aromatic rings. The van der Waals surface area contributed by atoms with Crippen LogP contribution in [0.4, 0.5) is 0 Å². The van der Waals surface area contributed by atoms with E-state index in [1.54, 1.807) is 17.5 Å². The summed E-state index contributed by atoms with van der Waals surface area (Å²) < 4.78 is 32.2. The molecule has 3 rings (SSSR count). The third-order valence-corrected chi connectivity index (χ3v) is 6.30. The zero-order valence-corrected chi connectivity index (χ0v) is 12.6. The lowest BCUT2D eigenvalue weighted by Crippen LogP contribution is -2.21. The van der Waals surface area contributed by atoms with E-state index in [1.165, 1.54) is 17.5 Å². The van der Waals surface area contributed by atoms with Gasteiger partial charge in [-0.2, -0.15) is 0 Å². The molecule has 3 aromatic heterocycles. The molecule has 8 heteroatoms. The van der Waals surface area contributed by atoms with E-state index in [-0.39, 0.29) is 4.21 Å². The van der Waals surface area contributed by atoms with E-state index in [1.807, 2.05) is 17.5 Å². The summed E-state index contributed by atoms with van der Waals surface area (Å²) in [5, 5.41) is 7.26. The Bertz CT molecular complexity index is 774. The Hall–Kier alpha value is -1.48. The molecule has 0 aliphatic carbocycles. The van der Waals surface area contributed by atoms with Crippen molar-refractivity contribution in [3.05, 3.63) is 46.1 Å². The summed E-state index contributed by atoms with van der Waals surface area (Å²) in [6, 6.07) is 7.06. The summed E-state index contributed by atoms with van der Waals surface area (Å²) in [6.45, 7) is 0.301. The van der Waals surface area contributed by atoms with Crippen LogP contribution in [-0.2, 0) is 16.6 Å². The maximum Gasteiger partial charge on any atom is 0.250 e. The van der Waals surface area contributed by atoms with Crippen molar-refractivity contribution >= 4 is 32.7 Å². The standard InChI is InChI=1S/C12H10N2O3S3/c15-20(16,14-7-10-2-1-5-18-10)12-6-9(8-19-12)11-3-4-13-17-11/h1-6,8,14H,7H2. The van der Waals surface area contributed by atoms with E-state index >= 15 is 0 Å². The highest BCUT2D eigenvalue weighted by Crippen LogP contribution is 2.28. The van der Waals surface area contributed by atoms with Gasteiger partial charge in [-0.15, -0.1) is 22.7 Å². The molecule has 1 N–H and O–H groups in total. The molecule has 5 nitrogen and oxygen atoms in total. The molecule has 0 saturated heterocycles. The minimum Gasteiger partial charge on any atom is -0.356 e. The van der Waals surface area contributed by atoms with Crippen LogP contribution in [0.5, 0.6) is 0 Å². The quantitative estimate of drug-likeness (QED) is 0.782. The lowest BCUT2D eigenvalue weighted by Gasteiger charge is -2.02. The summed E-state index contributed by atoms with van der Waals surface area (Å²) >= 11 is 2.67. The Morgan fingerprint density at radius 2 is 2.20 bits per heavy atom. The van der Waals surface area contributed by atoms with Crippen molar-refractivity contribution in [2.75, 3.05) is 0 Å². The van der Waals surface area contributed by atoms with Crippen LogP contribution < -0.4 is 4.72 Å². The highest BCUT2D eigenvalue weighted by Gasteiger charge is 2.18. The van der Waals surface area contributed by atoms with E-state index in [0.717, 1.165) is 16.2 Å². The number of sulfonamides is 1. The first-order chi connectivity index (χ1) is 9.65. The molecule has 0 aliphatic rings. The first-order valence-corrected chi connectivity index (χ1v) is 8.91. The van der Waals surface area contributed by atoms with Crippen LogP contribution in [0, 0.1) is 0 Å². The van der Waals surface area contributed by atoms with Gasteiger partial charge in [-0.25, -0.2) is 13.1 Å². The first kappa shape index (κ1) is 13.5. The van der Waals surface area contributed by atoms with Crippen LogP contribution in [-0.4, -0.2) is 13.6 Å². The molecule has 0 aliphatic heterocycles. The number of nitrogens with one attached hydrogen (secondary N) is 1. The van der Waals surface area contributed by atoms with Crippen molar-refractivity contribution in [2.24, 2.45) is 0 Å². The highest BCUT2D eigenvalue weighted by molar-refractivity contribution is 7.91. The molecule has 0 fully saturated rings. The fraction of sp³-hybridized carbons (Fsp3) is 0.0833. The number of thiophene rings is 2. The van der Waals surface area contributed by atoms with E-state index in [0.29, 0.717) is 17.9 Å². The molecular weight excluding hydrogens is 316 g/mol. The zero-order chi connectivity index (χ0) is 14.0. The SMILES string of the molecule is O=S(=O)(NCc1cccs1)c1cc(-c2ccno2)cs1. The molecule has 0 saturated carbocycles.